The zero-order chi connectivity index (χ0) is 18.0. The average molecular weight is 434 g/mol. The number of hydrogen-bond acceptors (Lipinski definition) is 7. The minimum absolute atomic E-state index is 0.225. The lowest BCUT2D eigenvalue weighted by Crippen LogP contribution is -2.50. The number of nitrogens with zero attached hydrogens (tertiary/aromatic N) is 5. The molecule has 0 bridgehead atoms. The van der Waals surface area contributed by atoms with Gasteiger partial charge in [0.1, 0.15) is 5.69 Å². The number of morpholine rings is 1. The Morgan fingerprint density at radius 2 is 1.80 bits per heavy atom. The summed E-state index contributed by atoms with van der Waals surface area (Å²) in [4.78, 5) is 25.1. The van der Waals surface area contributed by atoms with Crippen LogP contribution in [0.25, 0.3) is 0 Å². The van der Waals surface area contributed by atoms with Gasteiger partial charge in [-0.05, 0) is 15.9 Å². The van der Waals surface area contributed by atoms with E-state index < -0.39 is 10.0 Å². The average Bonchev–Trinajstić information content (AvgIpc) is 2.62. The molecule has 1 amide bonds. The van der Waals surface area contributed by atoms with Crippen molar-refractivity contribution in [3.8, 4) is 0 Å². The van der Waals surface area contributed by atoms with Crippen LogP contribution in [0.5, 0.6) is 0 Å². The van der Waals surface area contributed by atoms with E-state index in [1.165, 1.54) is 10.6 Å². The fraction of sp³-hybridized carbons (Fsp3) is 0.643. The van der Waals surface area contributed by atoms with E-state index >= 15 is 0 Å². The highest BCUT2D eigenvalue weighted by molar-refractivity contribution is 9.10. The topological polar surface area (TPSA) is 95.9 Å². The number of amides is 1. The quantitative estimate of drug-likeness (QED) is 0.650. The molecule has 0 spiro atoms. The normalized spacial score (nSPS) is 19.9. The van der Waals surface area contributed by atoms with Gasteiger partial charge in [0.2, 0.25) is 16.0 Å². The van der Waals surface area contributed by atoms with Crippen molar-refractivity contribution in [1.82, 2.24) is 19.2 Å². The molecule has 25 heavy (non-hydrogen) atoms. The fourth-order valence-electron chi connectivity index (χ4n) is 2.80. The molecule has 0 saturated carbocycles. The predicted octanol–water partition coefficient (Wildman–Crippen LogP) is -0.207. The van der Waals surface area contributed by atoms with E-state index in [0.717, 1.165) is 0 Å². The lowest BCUT2D eigenvalue weighted by atomic mass is 10.3. The fourth-order valence-corrected chi connectivity index (χ4v) is 3.98. The van der Waals surface area contributed by atoms with E-state index in [4.69, 9.17) is 4.74 Å². The van der Waals surface area contributed by atoms with Gasteiger partial charge in [-0.25, -0.2) is 18.4 Å². The first-order valence-corrected chi connectivity index (χ1v) is 10.6. The molecular weight excluding hydrogens is 414 g/mol. The largest absolute Gasteiger partial charge is 0.378 e. The van der Waals surface area contributed by atoms with Crippen LogP contribution < -0.4 is 4.90 Å². The van der Waals surface area contributed by atoms with Crippen LogP contribution in [0.3, 0.4) is 0 Å². The van der Waals surface area contributed by atoms with Gasteiger partial charge in [0.05, 0.1) is 23.9 Å². The van der Waals surface area contributed by atoms with Gasteiger partial charge in [-0.15, -0.1) is 0 Å². The molecule has 0 radical (unpaired) electrons. The van der Waals surface area contributed by atoms with Crippen molar-refractivity contribution in [1.29, 1.82) is 0 Å². The molecule has 2 fully saturated rings. The Bertz CT molecular complexity index is 746. The lowest BCUT2D eigenvalue weighted by molar-refractivity contribution is 0.0691. The van der Waals surface area contributed by atoms with E-state index in [9.17, 15) is 13.2 Å². The van der Waals surface area contributed by atoms with Gasteiger partial charge in [0.25, 0.3) is 5.91 Å². The smallest absolute Gasteiger partial charge is 0.273 e. The van der Waals surface area contributed by atoms with E-state index in [0.29, 0.717) is 68.6 Å². The number of carbonyl (C=O) groups is 1. The first-order valence-electron chi connectivity index (χ1n) is 7.96. The Morgan fingerprint density at radius 3 is 2.40 bits per heavy atom. The van der Waals surface area contributed by atoms with Crippen LogP contribution in [-0.2, 0) is 14.8 Å². The van der Waals surface area contributed by atoms with E-state index in [1.54, 1.807) is 11.1 Å². The van der Waals surface area contributed by atoms with Crippen molar-refractivity contribution in [2.24, 2.45) is 0 Å². The van der Waals surface area contributed by atoms with Crippen LogP contribution in [0.4, 0.5) is 5.95 Å². The second kappa shape index (κ2) is 7.52. The maximum Gasteiger partial charge on any atom is 0.273 e. The number of anilines is 1. The number of piperazine rings is 1. The highest BCUT2D eigenvalue weighted by atomic mass is 79.9. The first-order chi connectivity index (χ1) is 11.9. The van der Waals surface area contributed by atoms with Gasteiger partial charge >= 0.3 is 0 Å². The molecule has 138 valence electrons. The standard InChI is InChI=1S/C14H20BrN5O4S/c1-25(22,23)20-4-2-18(3-5-20)13(21)12-11(15)10-16-14(17-12)19-6-8-24-9-7-19/h10H,2-9H2,1H3. The molecular formula is C14H20BrN5O4S. The summed E-state index contributed by atoms with van der Waals surface area (Å²) >= 11 is 3.34. The molecule has 2 aliphatic rings. The third-order valence-corrected chi connectivity index (χ3v) is 6.11. The molecule has 3 heterocycles. The van der Waals surface area contributed by atoms with Crippen LogP contribution in [0, 0.1) is 0 Å². The molecule has 0 N–H and O–H groups in total. The van der Waals surface area contributed by atoms with Crippen molar-refractivity contribution in [3.63, 3.8) is 0 Å². The Morgan fingerprint density at radius 1 is 1.16 bits per heavy atom. The first kappa shape index (κ1) is 18.5. The summed E-state index contributed by atoms with van der Waals surface area (Å²) in [6.45, 7) is 3.86. The number of carbonyl (C=O) groups excluding carboxylic acids is 1. The van der Waals surface area contributed by atoms with Crippen LogP contribution in [0.15, 0.2) is 10.7 Å². The van der Waals surface area contributed by atoms with Crippen LogP contribution in [0.2, 0.25) is 0 Å². The predicted molar refractivity (Wildman–Crippen MR) is 95.1 cm³/mol. The van der Waals surface area contributed by atoms with Crippen molar-refractivity contribution >= 4 is 37.8 Å². The van der Waals surface area contributed by atoms with Gasteiger partial charge in [0.15, 0.2) is 0 Å². The SMILES string of the molecule is CS(=O)(=O)N1CCN(C(=O)c2nc(N3CCOCC3)ncc2Br)CC1. The Balaban J connectivity index is 1.73. The number of sulfonamides is 1. The molecule has 0 aliphatic carbocycles. The van der Waals surface area contributed by atoms with Crippen molar-refractivity contribution < 1.29 is 17.9 Å². The molecule has 11 heteroatoms. The maximum atomic E-state index is 12.8. The summed E-state index contributed by atoms with van der Waals surface area (Å²) in [6.07, 6.45) is 2.76. The van der Waals surface area contributed by atoms with E-state index in [1.807, 2.05) is 4.90 Å². The Kier molecular flexibility index (Phi) is 5.56. The summed E-state index contributed by atoms with van der Waals surface area (Å²) in [5.41, 5.74) is 0.296. The minimum atomic E-state index is -3.23. The van der Waals surface area contributed by atoms with Gasteiger partial charge in [-0.1, -0.05) is 0 Å². The van der Waals surface area contributed by atoms with Gasteiger partial charge in [-0.3, -0.25) is 4.79 Å². The van der Waals surface area contributed by atoms with Crippen molar-refractivity contribution in [2.75, 3.05) is 63.6 Å². The molecule has 9 nitrogen and oxygen atoms in total. The van der Waals surface area contributed by atoms with Gasteiger partial charge in [-0.2, -0.15) is 4.31 Å². The molecule has 1 aromatic rings. The monoisotopic (exact) mass is 433 g/mol. The summed E-state index contributed by atoms with van der Waals surface area (Å²) in [6, 6.07) is 0. The summed E-state index contributed by atoms with van der Waals surface area (Å²) in [5.74, 6) is 0.279. The van der Waals surface area contributed by atoms with Gasteiger partial charge in [0, 0.05) is 45.5 Å². The minimum Gasteiger partial charge on any atom is -0.378 e. The van der Waals surface area contributed by atoms with E-state index in [2.05, 4.69) is 25.9 Å². The molecule has 2 aliphatic heterocycles. The number of ether oxygens (including phenoxy) is 1. The molecule has 0 unspecified atom stereocenters. The number of rotatable bonds is 3. The zero-order valence-electron chi connectivity index (χ0n) is 13.9. The summed E-state index contributed by atoms with van der Waals surface area (Å²) in [5, 5.41) is 0. The molecule has 1 aromatic heterocycles. The second-order valence-electron chi connectivity index (χ2n) is 5.92. The molecule has 2 saturated heterocycles. The maximum absolute atomic E-state index is 12.8. The lowest BCUT2D eigenvalue weighted by Gasteiger charge is -2.33. The number of aromatic nitrogens is 2. The molecule has 0 atom stereocenters. The highest BCUT2D eigenvalue weighted by Crippen LogP contribution is 2.20. The van der Waals surface area contributed by atoms with Gasteiger partial charge < -0.3 is 14.5 Å². The van der Waals surface area contributed by atoms with Crippen LogP contribution >= 0.6 is 15.9 Å². The molecule has 3 rings (SSSR count). The second-order valence-corrected chi connectivity index (χ2v) is 8.76. The summed E-state index contributed by atoms with van der Waals surface area (Å²) in [7, 11) is -3.23. The number of halogens is 1. The van der Waals surface area contributed by atoms with Crippen LogP contribution in [0.1, 0.15) is 10.5 Å². The third kappa shape index (κ3) is 4.27. The Hall–Kier alpha value is -1.30. The number of hydrogen-bond donors (Lipinski definition) is 0. The zero-order valence-corrected chi connectivity index (χ0v) is 16.3. The van der Waals surface area contributed by atoms with Crippen molar-refractivity contribution in [3.05, 3.63) is 16.4 Å². The van der Waals surface area contributed by atoms with Crippen molar-refractivity contribution in [2.45, 2.75) is 0 Å². The highest BCUT2D eigenvalue weighted by Gasteiger charge is 2.29. The van der Waals surface area contributed by atoms with E-state index in [-0.39, 0.29) is 5.91 Å². The van der Waals surface area contributed by atoms with Crippen LogP contribution in [-0.4, -0.2) is 92.2 Å². The Labute approximate surface area is 155 Å². The third-order valence-electron chi connectivity index (χ3n) is 4.22. The molecule has 0 aromatic carbocycles. The summed E-state index contributed by atoms with van der Waals surface area (Å²) < 4.78 is 30.4.